The lowest BCUT2D eigenvalue weighted by Crippen LogP contribution is -2.36. The largest absolute Gasteiger partial charge is 0.477 e. The van der Waals surface area contributed by atoms with Gasteiger partial charge in [-0.3, -0.25) is 4.90 Å². The van der Waals surface area contributed by atoms with Gasteiger partial charge in [-0.25, -0.2) is 9.78 Å². The van der Waals surface area contributed by atoms with Crippen LogP contribution in [0.2, 0.25) is 0 Å². The van der Waals surface area contributed by atoms with Crippen molar-refractivity contribution >= 4 is 5.97 Å². The van der Waals surface area contributed by atoms with E-state index in [0.29, 0.717) is 12.6 Å². The predicted molar refractivity (Wildman–Crippen MR) is 66.5 cm³/mol. The molecule has 5 heteroatoms. The van der Waals surface area contributed by atoms with Crippen molar-refractivity contribution in [2.24, 2.45) is 0 Å². The molecule has 0 saturated carbocycles. The third-order valence-electron chi connectivity index (χ3n) is 3.28. The molecule has 0 aliphatic carbocycles. The number of methoxy groups -OCH3 is 1. The van der Waals surface area contributed by atoms with Crippen molar-refractivity contribution in [2.75, 3.05) is 20.2 Å². The van der Waals surface area contributed by atoms with E-state index in [1.165, 1.54) is 6.07 Å². The van der Waals surface area contributed by atoms with E-state index in [1.54, 1.807) is 13.2 Å². The Labute approximate surface area is 106 Å². The second-order valence-corrected chi connectivity index (χ2v) is 4.53. The Morgan fingerprint density at radius 2 is 2.22 bits per heavy atom. The number of nitrogens with zero attached hydrogens (tertiary/aromatic N) is 2. The van der Waals surface area contributed by atoms with Crippen molar-refractivity contribution < 1.29 is 14.6 Å². The Hall–Kier alpha value is -1.46. The summed E-state index contributed by atoms with van der Waals surface area (Å²) in [5.74, 6) is -0.977. The number of ether oxygens (including phenoxy) is 1. The number of carbonyl (C=O) groups is 1. The Morgan fingerprint density at radius 1 is 1.50 bits per heavy atom. The summed E-state index contributed by atoms with van der Waals surface area (Å²) in [5.41, 5.74) is 0.921. The Bertz CT molecular complexity index is 414. The summed E-state index contributed by atoms with van der Waals surface area (Å²) in [4.78, 5) is 17.2. The summed E-state index contributed by atoms with van der Waals surface area (Å²) in [5, 5.41) is 8.89. The summed E-state index contributed by atoms with van der Waals surface area (Å²) in [6, 6.07) is 5.13. The highest BCUT2D eigenvalue weighted by atomic mass is 16.5. The van der Waals surface area contributed by atoms with E-state index in [1.807, 2.05) is 6.07 Å². The summed E-state index contributed by atoms with van der Waals surface area (Å²) in [6.45, 7) is 2.65. The minimum atomic E-state index is -0.977. The molecule has 0 bridgehead atoms. The lowest BCUT2D eigenvalue weighted by Gasteiger charge is -2.30. The summed E-state index contributed by atoms with van der Waals surface area (Å²) in [6.07, 6.45) is 2.41. The molecule has 0 amide bonds. The zero-order valence-electron chi connectivity index (χ0n) is 10.5. The van der Waals surface area contributed by atoms with Gasteiger partial charge in [0.05, 0.1) is 11.8 Å². The van der Waals surface area contributed by atoms with E-state index < -0.39 is 5.97 Å². The number of carboxylic acid groups (broad SMARTS) is 1. The van der Waals surface area contributed by atoms with Gasteiger partial charge in [0, 0.05) is 26.7 Å². The fourth-order valence-corrected chi connectivity index (χ4v) is 2.22. The monoisotopic (exact) mass is 250 g/mol. The molecule has 0 unspecified atom stereocenters. The van der Waals surface area contributed by atoms with E-state index in [-0.39, 0.29) is 5.69 Å². The molecule has 1 aliphatic rings. The van der Waals surface area contributed by atoms with Gasteiger partial charge in [-0.1, -0.05) is 6.07 Å². The Balaban J connectivity index is 1.94. The second-order valence-electron chi connectivity index (χ2n) is 4.53. The first-order chi connectivity index (χ1) is 8.69. The number of carboxylic acids is 1. The quantitative estimate of drug-likeness (QED) is 0.875. The van der Waals surface area contributed by atoms with Crippen molar-refractivity contribution in [1.29, 1.82) is 0 Å². The Morgan fingerprint density at radius 3 is 2.83 bits per heavy atom. The number of rotatable bonds is 4. The molecule has 0 atom stereocenters. The number of pyridine rings is 1. The lowest BCUT2D eigenvalue weighted by atomic mass is 10.1. The van der Waals surface area contributed by atoms with Crippen LogP contribution in [0.5, 0.6) is 0 Å². The molecule has 1 fully saturated rings. The van der Waals surface area contributed by atoms with Crippen molar-refractivity contribution in [2.45, 2.75) is 25.5 Å². The van der Waals surface area contributed by atoms with Gasteiger partial charge >= 0.3 is 5.97 Å². The maximum absolute atomic E-state index is 10.8. The zero-order valence-corrected chi connectivity index (χ0v) is 10.5. The van der Waals surface area contributed by atoms with Gasteiger partial charge in [0.1, 0.15) is 5.69 Å². The van der Waals surface area contributed by atoms with E-state index in [0.717, 1.165) is 31.6 Å². The molecule has 18 heavy (non-hydrogen) atoms. The highest BCUT2D eigenvalue weighted by molar-refractivity contribution is 5.85. The molecule has 1 aromatic rings. The van der Waals surface area contributed by atoms with Crippen LogP contribution in [0.15, 0.2) is 18.2 Å². The third-order valence-corrected chi connectivity index (χ3v) is 3.28. The molecule has 0 radical (unpaired) electrons. The van der Waals surface area contributed by atoms with E-state index in [4.69, 9.17) is 9.84 Å². The number of likely N-dealkylation sites (tertiary alicyclic amines) is 1. The molecule has 2 rings (SSSR count). The minimum absolute atomic E-state index is 0.110. The van der Waals surface area contributed by atoms with Gasteiger partial charge in [-0.05, 0) is 25.0 Å². The number of aromatic nitrogens is 1. The molecule has 1 aliphatic heterocycles. The van der Waals surface area contributed by atoms with Crippen molar-refractivity contribution in [3.8, 4) is 0 Å². The van der Waals surface area contributed by atoms with Crippen molar-refractivity contribution in [1.82, 2.24) is 9.88 Å². The van der Waals surface area contributed by atoms with Gasteiger partial charge in [-0.15, -0.1) is 0 Å². The predicted octanol–water partition coefficient (Wildman–Crippen LogP) is 1.39. The average molecular weight is 250 g/mol. The molecule has 98 valence electrons. The van der Waals surface area contributed by atoms with E-state index in [2.05, 4.69) is 9.88 Å². The molecule has 0 spiro atoms. The maximum Gasteiger partial charge on any atom is 0.354 e. The van der Waals surface area contributed by atoms with Crippen LogP contribution in [-0.2, 0) is 11.3 Å². The first-order valence-electron chi connectivity index (χ1n) is 6.13. The molecule has 5 nitrogen and oxygen atoms in total. The van der Waals surface area contributed by atoms with Crippen LogP contribution < -0.4 is 0 Å². The fourth-order valence-electron chi connectivity index (χ4n) is 2.22. The molecule has 1 saturated heterocycles. The Kier molecular flexibility index (Phi) is 4.28. The van der Waals surface area contributed by atoms with Gasteiger partial charge in [0.25, 0.3) is 0 Å². The highest BCUT2D eigenvalue weighted by Crippen LogP contribution is 2.15. The number of hydrogen-bond acceptors (Lipinski definition) is 4. The number of aromatic carboxylic acids is 1. The minimum Gasteiger partial charge on any atom is -0.477 e. The molecule has 1 aromatic heterocycles. The van der Waals surface area contributed by atoms with E-state index in [9.17, 15) is 4.79 Å². The van der Waals surface area contributed by atoms with Crippen LogP contribution in [0.3, 0.4) is 0 Å². The topological polar surface area (TPSA) is 62.7 Å². The van der Waals surface area contributed by atoms with E-state index >= 15 is 0 Å². The van der Waals surface area contributed by atoms with Gasteiger partial charge in [0.15, 0.2) is 0 Å². The molecule has 1 N–H and O–H groups in total. The normalized spacial score (nSPS) is 17.8. The SMILES string of the molecule is COC1CCN(Cc2cccc(C(=O)O)n2)CC1. The number of piperidine rings is 1. The van der Waals surface area contributed by atoms with Crippen LogP contribution >= 0.6 is 0 Å². The molecular weight excluding hydrogens is 232 g/mol. The first kappa shape index (κ1) is 13.0. The third kappa shape index (κ3) is 3.27. The molecule has 2 heterocycles. The van der Waals surface area contributed by atoms with Crippen LogP contribution in [-0.4, -0.2) is 47.3 Å². The standard InChI is InChI=1S/C13H18N2O3/c1-18-11-5-7-15(8-6-11)9-10-3-2-4-12(14-10)13(16)17/h2-4,11H,5-9H2,1H3,(H,16,17). The van der Waals surface area contributed by atoms with Crippen LogP contribution in [0, 0.1) is 0 Å². The van der Waals surface area contributed by atoms with Crippen molar-refractivity contribution in [3.05, 3.63) is 29.6 Å². The smallest absolute Gasteiger partial charge is 0.354 e. The van der Waals surface area contributed by atoms with Crippen LogP contribution in [0.4, 0.5) is 0 Å². The fraction of sp³-hybridized carbons (Fsp3) is 0.538. The van der Waals surface area contributed by atoms with Gasteiger partial charge in [0.2, 0.25) is 0 Å². The van der Waals surface area contributed by atoms with Crippen LogP contribution in [0.25, 0.3) is 0 Å². The molecule has 0 aromatic carbocycles. The van der Waals surface area contributed by atoms with Gasteiger partial charge < -0.3 is 9.84 Å². The second kappa shape index (κ2) is 5.93. The average Bonchev–Trinajstić information content (AvgIpc) is 2.40. The zero-order chi connectivity index (χ0) is 13.0. The van der Waals surface area contributed by atoms with Gasteiger partial charge in [-0.2, -0.15) is 0 Å². The first-order valence-corrected chi connectivity index (χ1v) is 6.13. The summed E-state index contributed by atoms with van der Waals surface area (Å²) in [7, 11) is 1.75. The molecular formula is C13H18N2O3. The summed E-state index contributed by atoms with van der Waals surface area (Å²) < 4.78 is 5.32. The van der Waals surface area contributed by atoms with Crippen molar-refractivity contribution in [3.63, 3.8) is 0 Å². The maximum atomic E-state index is 10.8. The summed E-state index contributed by atoms with van der Waals surface area (Å²) >= 11 is 0. The lowest BCUT2D eigenvalue weighted by molar-refractivity contribution is 0.0385. The van der Waals surface area contributed by atoms with Crippen LogP contribution in [0.1, 0.15) is 29.0 Å². The highest BCUT2D eigenvalue weighted by Gasteiger charge is 2.19. The number of hydrogen-bond donors (Lipinski definition) is 1.